The highest BCUT2D eigenvalue weighted by Gasteiger charge is 2.37. The van der Waals surface area contributed by atoms with E-state index < -0.39 is 5.54 Å². The van der Waals surface area contributed by atoms with Crippen molar-refractivity contribution in [2.75, 3.05) is 7.05 Å². The molecule has 0 aliphatic carbocycles. The third-order valence-corrected chi connectivity index (χ3v) is 5.47. The number of carbonyl (C=O) groups excluding carboxylic acids is 1. The van der Waals surface area contributed by atoms with Gasteiger partial charge in [-0.2, -0.15) is 5.26 Å². The van der Waals surface area contributed by atoms with E-state index in [0.29, 0.717) is 10.6 Å². The number of amides is 1. The average molecular weight is 359 g/mol. The zero-order valence-electron chi connectivity index (χ0n) is 13.2. The molecule has 0 bridgehead atoms. The second kappa shape index (κ2) is 5.93. The van der Waals surface area contributed by atoms with E-state index in [1.165, 1.54) is 16.2 Å². The van der Waals surface area contributed by atoms with Crippen LogP contribution in [0.5, 0.6) is 0 Å². The summed E-state index contributed by atoms with van der Waals surface area (Å²) < 4.78 is 0. The van der Waals surface area contributed by atoms with Gasteiger partial charge in [0.15, 0.2) is 5.96 Å². The fourth-order valence-corrected chi connectivity index (χ4v) is 3.90. The van der Waals surface area contributed by atoms with E-state index in [-0.39, 0.29) is 18.3 Å². The molecule has 5 nitrogen and oxygen atoms in total. The SMILES string of the molecule is CN1C(=O)C[C@@](C)(c2cc(-c3cc(Cl)cc(C#N)c3)cs2)N=C1N. The predicted octanol–water partition coefficient (Wildman–Crippen LogP) is 3.33. The Labute approximate surface area is 149 Å². The Morgan fingerprint density at radius 2 is 2.12 bits per heavy atom. The zero-order chi connectivity index (χ0) is 17.5. The second-order valence-corrected chi connectivity index (χ2v) is 7.26. The molecule has 1 aromatic carbocycles. The van der Waals surface area contributed by atoms with Crippen LogP contribution in [0.25, 0.3) is 11.1 Å². The number of guanidine groups is 1. The van der Waals surface area contributed by atoms with Crippen LogP contribution in [0.2, 0.25) is 5.02 Å². The summed E-state index contributed by atoms with van der Waals surface area (Å²) >= 11 is 7.59. The molecule has 122 valence electrons. The molecular formula is C17H15ClN4OS. The number of halogens is 1. The molecule has 24 heavy (non-hydrogen) atoms. The van der Waals surface area contributed by atoms with Gasteiger partial charge in [0.1, 0.15) is 5.54 Å². The van der Waals surface area contributed by atoms with Gasteiger partial charge in [0, 0.05) is 16.9 Å². The van der Waals surface area contributed by atoms with Crippen molar-refractivity contribution >= 4 is 34.8 Å². The van der Waals surface area contributed by atoms with E-state index in [1.807, 2.05) is 24.4 Å². The molecule has 1 aliphatic rings. The molecule has 0 unspecified atom stereocenters. The molecule has 7 heteroatoms. The number of aliphatic imine (C=N–C) groups is 1. The Hall–Kier alpha value is -2.36. The Morgan fingerprint density at radius 3 is 2.79 bits per heavy atom. The maximum Gasteiger partial charge on any atom is 0.231 e. The van der Waals surface area contributed by atoms with Gasteiger partial charge >= 0.3 is 0 Å². The van der Waals surface area contributed by atoms with Gasteiger partial charge in [-0.15, -0.1) is 11.3 Å². The number of benzene rings is 1. The second-order valence-electron chi connectivity index (χ2n) is 5.91. The standard InChI is InChI=1S/C17H15ClN4OS/c1-17(7-15(23)22(2)16(20)21-17)14-6-12(9-24-14)11-3-10(8-19)4-13(18)5-11/h3-6,9H,7H2,1-2H3,(H2,20,21)/t17-/m0/s1. The topological polar surface area (TPSA) is 82.5 Å². The fraction of sp³-hybridized carbons (Fsp3) is 0.235. The van der Waals surface area contributed by atoms with Crippen molar-refractivity contribution in [3.8, 4) is 17.2 Å². The van der Waals surface area contributed by atoms with Crippen molar-refractivity contribution in [1.29, 1.82) is 5.26 Å². The minimum Gasteiger partial charge on any atom is -0.369 e. The normalized spacial score (nSPS) is 20.7. The molecule has 1 aromatic heterocycles. The summed E-state index contributed by atoms with van der Waals surface area (Å²) in [6.07, 6.45) is 0.267. The van der Waals surface area contributed by atoms with Crippen molar-refractivity contribution in [3.63, 3.8) is 0 Å². The van der Waals surface area contributed by atoms with E-state index in [0.717, 1.165) is 16.0 Å². The summed E-state index contributed by atoms with van der Waals surface area (Å²) in [4.78, 5) is 18.9. The third kappa shape index (κ3) is 2.88. The number of rotatable bonds is 2. The van der Waals surface area contributed by atoms with Crippen molar-refractivity contribution in [2.24, 2.45) is 10.7 Å². The van der Waals surface area contributed by atoms with Crippen LogP contribution in [0.3, 0.4) is 0 Å². The quantitative estimate of drug-likeness (QED) is 0.893. The van der Waals surface area contributed by atoms with Crippen molar-refractivity contribution in [1.82, 2.24) is 4.90 Å². The number of nitrogens with zero attached hydrogens (tertiary/aromatic N) is 3. The lowest BCUT2D eigenvalue weighted by Crippen LogP contribution is -2.47. The van der Waals surface area contributed by atoms with Gasteiger partial charge in [0.2, 0.25) is 5.91 Å². The summed E-state index contributed by atoms with van der Waals surface area (Å²) in [5.74, 6) is 0.160. The monoisotopic (exact) mass is 358 g/mol. The van der Waals surface area contributed by atoms with Gasteiger partial charge in [-0.1, -0.05) is 11.6 Å². The zero-order valence-corrected chi connectivity index (χ0v) is 14.8. The third-order valence-electron chi connectivity index (χ3n) is 4.07. The summed E-state index contributed by atoms with van der Waals surface area (Å²) in [5, 5.41) is 11.6. The number of carbonyl (C=O) groups is 1. The Balaban J connectivity index is 2.01. The van der Waals surface area contributed by atoms with Crippen LogP contribution in [-0.2, 0) is 10.3 Å². The molecule has 0 saturated heterocycles. The number of nitriles is 1. The highest BCUT2D eigenvalue weighted by Crippen LogP contribution is 2.39. The summed E-state index contributed by atoms with van der Waals surface area (Å²) in [6, 6.07) is 9.31. The van der Waals surface area contributed by atoms with Gasteiger partial charge in [-0.25, -0.2) is 4.99 Å². The number of nitrogens with two attached hydrogens (primary N) is 1. The Bertz CT molecular complexity index is 898. The van der Waals surface area contributed by atoms with Crippen LogP contribution in [0.4, 0.5) is 0 Å². The largest absolute Gasteiger partial charge is 0.369 e. The summed E-state index contributed by atoms with van der Waals surface area (Å²) in [6.45, 7) is 1.90. The molecule has 2 heterocycles. The van der Waals surface area contributed by atoms with Gasteiger partial charge in [0.05, 0.1) is 18.1 Å². The smallest absolute Gasteiger partial charge is 0.231 e. The van der Waals surface area contributed by atoms with E-state index >= 15 is 0 Å². The minimum absolute atomic E-state index is 0.0607. The lowest BCUT2D eigenvalue weighted by Gasteiger charge is -2.32. The van der Waals surface area contributed by atoms with Gasteiger partial charge in [-0.05, 0) is 47.7 Å². The molecule has 0 fully saturated rings. The van der Waals surface area contributed by atoms with E-state index in [4.69, 9.17) is 22.6 Å². The van der Waals surface area contributed by atoms with Crippen LogP contribution in [-0.4, -0.2) is 23.8 Å². The van der Waals surface area contributed by atoms with Crippen molar-refractivity contribution < 1.29 is 4.79 Å². The van der Waals surface area contributed by atoms with Crippen LogP contribution in [0.1, 0.15) is 23.8 Å². The maximum atomic E-state index is 12.1. The molecule has 0 spiro atoms. The first-order chi connectivity index (χ1) is 11.3. The molecule has 0 saturated carbocycles. The Morgan fingerprint density at radius 1 is 1.38 bits per heavy atom. The number of thiophene rings is 1. The molecule has 1 amide bonds. The molecule has 3 rings (SSSR count). The average Bonchev–Trinajstić information content (AvgIpc) is 3.03. The lowest BCUT2D eigenvalue weighted by molar-refractivity contribution is -0.128. The first-order valence-electron chi connectivity index (χ1n) is 7.24. The fourth-order valence-electron chi connectivity index (χ4n) is 2.64. The number of hydrogen-bond acceptors (Lipinski definition) is 5. The molecular weight excluding hydrogens is 344 g/mol. The van der Waals surface area contributed by atoms with Gasteiger partial charge < -0.3 is 5.73 Å². The van der Waals surface area contributed by atoms with Gasteiger partial charge in [0.25, 0.3) is 0 Å². The predicted molar refractivity (Wildman–Crippen MR) is 95.8 cm³/mol. The highest BCUT2D eigenvalue weighted by atomic mass is 35.5. The summed E-state index contributed by atoms with van der Waals surface area (Å²) in [5.41, 5.74) is 7.50. The highest BCUT2D eigenvalue weighted by molar-refractivity contribution is 7.10. The molecule has 2 N–H and O–H groups in total. The van der Waals surface area contributed by atoms with E-state index in [9.17, 15) is 4.79 Å². The van der Waals surface area contributed by atoms with Gasteiger partial charge in [-0.3, -0.25) is 9.69 Å². The molecule has 0 radical (unpaired) electrons. The maximum absolute atomic E-state index is 12.1. The van der Waals surface area contributed by atoms with Crippen LogP contribution in [0.15, 0.2) is 34.6 Å². The lowest BCUT2D eigenvalue weighted by atomic mass is 9.93. The number of hydrogen-bond donors (Lipinski definition) is 1. The van der Waals surface area contributed by atoms with Crippen molar-refractivity contribution in [3.05, 3.63) is 45.1 Å². The summed E-state index contributed by atoms with van der Waals surface area (Å²) in [7, 11) is 1.62. The molecule has 1 aliphatic heterocycles. The first-order valence-corrected chi connectivity index (χ1v) is 8.50. The first kappa shape index (κ1) is 16.5. The van der Waals surface area contributed by atoms with Crippen molar-refractivity contribution in [2.45, 2.75) is 18.9 Å². The van der Waals surface area contributed by atoms with E-state index in [2.05, 4.69) is 11.1 Å². The molecule has 1 atom stereocenters. The minimum atomic E-state index is -0.673. The Kier molecular flexibility index (Phi) is 4.08. The van der Waals surface area contributed by atoms with Crippen LogP contribution in [0, 0.1) is 11.3 Å². The van der Waals surface area contributed by atoms with E-state index in [1.54, 1.807) is 19.2 Å². The van der Waals surface area contributed by atoms with Crippen LogP contribution < -0.4 is 5.73 Å². The van der Waals surface area contributed by atoms with Crippen LogP contribution >= 0.6 is 22.9 Å². The molecule has 2 aromatic rings.